The maximum Gasteiger partial charge on any atom is 0.243 e. The lowest BCUT2D eigenvalue weighted by atomic mass is 10.2. The number of rotatable bonds is 6. The fourth-order valence-corrected chi connectivity index (χ4v) is 5.40. The predicted octanol–water partition coefficient (Wildman–Crippen LogP) is 2.86. The van der Waals surface area contributed by atoms with Crippen molar-refractivity contribution in [2.75, 3.05) is 19.6 Å². The smallest absolute Gasteiger partial charge is 0.243 e. The van der Waals surface area contributed by atoms with Crippen LogP contribution in [0.5, 0.6) is 0 Å². The van der Waals surface area contributed by atoms with Crippen molar-refractivity contribution in [1.29, 1.82) is 0 Å². The third kappa shape index (κ3) is 5.45. The minimum Gasteiger partial charge on any atom is -0.357 e. The van der Waals surface area contributed by atoms with Gasteiger partial charge in [-0.25, -0.2) is 13.4 Å². The van der Waals surface area contributed by atoms with Gasteiger partial charge in [0.25, 0.3) is 0 Å². The number of hydrogen-bond donors (Lipinski definition) is 2. The molecule has 0 spiro atoms. The van der Waals surface area contributed by atoms with Gasteiger partial charge in [-0.3, -0.25) is 0 Å². The molecular weight excluding hydrogens is 360 g/mol. The summed E-state index contributed by atoms with van der Waals surface area (Å²) >= 11 is 0. The fourth-order valence-electron chi connectivity index (χ4n) is 3.81. The Balaban J connectivity index is 1.70. The van der Waals surface area contributed by atoms with Crippen molar-refractivity contribution in [3.63, 3.8) is 0 Å². The molecule has 0 aromatic heterocycles. The molecule has 7 heteroatoms. The number of hydrogen-bond acceptors (Lipinski definition) is 3. The first-order valence-corrected chi connectivity index (χ1v) is 11.7. The second-order valence-electron chi connectivity index (χ2n) is 7.43. The van der Waals surface area contributed by atoms with Crippen LogP contribution in [0, 0.1) is 0 Å². The van der Waals surface area contributed by atoms with Crippen molar-refractivity contribution in [3.05, 3.63) is 29.8 Å². The van der Waals surface area contributed by atoms with Crippen LogP contribution >= 0.6 is 0 Å². The summed E-state index contributed by atoms with van der Waals surface area (Å²) in [7, 11) is -3.40. The first kappa shape index (κ1) is 20.1. The summed E-state index contributed by atoms with van der Waals surface area (Å²) in [6.07, 6.45) is 7.93. The largest absolute Gasteiger partial charge is 0.357 e. The maximum atomic E-state index is 12.9. The number of nitrogens with one attached hydrogen (secondary N) is 2. The van der Waals surface area contributed by atoms with Crippen LogP contribution in [0.3, 0.4) is 0 Å². The van der Waals surface area contributed by atoms with Crippen molar-refractivity contribution in [1.82, 2.24) is 14.9 Å². The minimum atomic E-state index is -3.40. The fraction of sp³-hybridized carbons (Fsp3) is 0.650. The quantitative estimate of drug-likeness (QED) is 0.577. The SMILES string of the molecule is CCNC(=NCc1cccc(S(=O)(=O)N2CCCCC2)c1)NC1CCCC1. The van der Waals surface area contributed by atoms with Crippen molar-refractivity contribution >= 4 is 16.0 Å². The lowest BCUT2D eigenvalue weighted by Crippen LogP contribution is -2.42. The van der Waals surface area contributed by atoms with Gasteiger partial charge in [0.1, 0.15) is 0 Å². The zero-order chi connectivity index (χ0) is 19.1. The first-order chi connectivity index (χ1) is 13.1. The molecule has 2 fully saturated rings. The van der Waals surface area contributed by atoms with Crippen molar-refractivity contribution < 1.29 is 8.42 Å². The molecule has 150 valence electrons. The van der Waals surface area contributed by atoms with Crippen molar-refractivity contribution in [2.24, 2.45) is 4.99 Å². The highest BCUT2D eigenvalue weighted by Gasteiger charge is 2.25. The molecule has 1 heterocycles. The molecule has 0 atom stereocenters. The predicted molar refractivity (Wildman–Crippen MR) is 109 cm³/mol. The normalized spacial score (nSPS) is 20.0. The van der Waals surface area contributed by atoms with E-state index in [0.29, 0.717) is 30.6 Å². The molecule has 3 rings (SSSR count). The minimum absolute atomic E-state index is 0.380. The Morgan fingerprint density at radius 1 is 1.15 bits per heavy atom. The van der Waals surface area contributed by atoms with E-state index in [1.54, 1.807) is 16.4 Å². The van der Waals surface area contributed by atoms with E-state index < -0.39 is 10.0 Å². The van der Waals surface area contributed by atoms with Gasteiger partial charge in [-0.2, -0.15) is 4.31 Å². The van der Waals surface area contributed by atoms with Gasteiger partial charge < -0.3 is 10.6 Å². The monoisotopic (exact) mass is 392 g/mol. The first-order valence-electron chi connectivity index (χ1n) is 10.2. The van der Waals surface area contributed by atoms with E-state index in [1.807, 2.05) is 12.1 Å². The Hall–Kier alpha value is -1.60. The highest BCUT2D eigenvalue weighted by atomic mass is 32.2. The summed E-state index contributed by atoms with van der Waals surface area (Å²) in [6, 6.07) is 7.72. The Morgan fingerprint density at radius 2 is 1.89 bits per heavy atom. The van der Waals surface area contributed by atoms with Crippen LogP contribution in [0.1, 0.15) is 57.4 Å². The third-order valence-electron chi connectivity index (χ3n) is 5.31. The van der Waals surface area contributed by atoms with Gasteiger partial charge in [-0.1, -0.05) is 31.4 Å². The van der Waals surface area contributed by atoms with Gasteiger partial charge >= 0.3 is 0 Å². The van der Waals surface area contributed by atoms with Crippen LogP contribution in [0.2, 0.25) is 0 Å². The lowest BCUT2D eigenvalue weighted by Gasteiger charge is -2.26. The number of nitrogens with zero attached hydrogens (tertiary/aromatic N) is 2. The maximum absolute atomic E-state index is 12.9. The Morgan fingerprint density at radius 3 is 2.59 bits per heavy atom. The van der Waals surface area contributed by atoms with Gasteiger partial charge in [-0.05, 0) is 50.3 Å². The molecule has 1 saturated heterocycles. The number of guanidine groups is 1. The van der Waals surface area contributed by atoms with E-state index in [2.05, 4.69) is 22.5 Å². The van der Waals surface area contributed by atoms with Crippen LogP contribution in [-0.2, 0) is 16.6 Å². The van der Waals surface area contributed by atoms with Crippen LogP contribution < -0.4 is 10.6 Å². The molecule has 0 radical (unpaired) electrons. The third-order valence-corrected chi connectivity index (χ3v) is 7.21. The van der Waals surface area contributed by atoms with Crippen molar-refractivity contribution in [2.45, 2.75) is 69.4 Å². The number of piperidine rings is 1. The molecule has 1 aromatic carbocycles. The summed E-state index contributed by atoms with van der Waals surface area (Å²) < 4.78 is 27.4. The van der Waals surface area contributed by atoms with Gasteiger partial charge in [0.05, 0.1) is 11.4 Å². The van der Waals surface area contributed by atoms with Crippen molar-refractivity contribution in [3.8, 4) is 0 Å². The summed E-state index contributed by atoms with van der Waals surface area (Å²) in [5.41, 5.74) is 0.914. The van der Waals surface area contributed by atoms with Crippen LogP contribution in [0.4, 0.5) is 0 Å². The molecule has 1 saturated carbocycles. The molecule has 0 unspecified atom stereocenters. The molecule has 6 nitrogen and oxygen atoms in total. The van der Waals surface area contributed by atoms with Gasteiger partial charge in [0, 0.05) is 25.7 Å². The van der Waals surface area contributed by atoms with Gasteiger partial charge in [-0.15, -0.1) is 0 Å². The lowest BCUT2D eigenvalue weighted by molar-refractivity contribution is 0.346. The Kier molecular flexibility index (Phi) is 7.13. The average Bonchev–Trinajstić information content (AvgIpc) is 3.20. The van der Waals surface area contributed by atoms with Gasteiger partial charge in [0.2, 0.25) is 10.0 Å². The summed E-state index contributed by atoms with van der Waals surface area (Å²) in [5.74, 6) is 0.814. The van der Waals surface area contributed by atoms with E-state index in [0.717, 1.165) is 37.3 Å². The zero-order valence-corrected chi connectivity index (χ0v) is 17.1. The van der Waals surface area contributed by atoms with Crippen LogP contribution in [0.15, 0.2) is 34.2 Å². The second kappa shape index (κ2) is 9.55. The molecule has 1 aromatic rings. The van der Waals surface area contributed by atoms with E-state index in [1.165, 1.54) is 25.7 Å². The molecule has 0 bridgehead atoms. The topological polar surface area (TPSA) is 73.8 Å². The van der Waals surface area contributed by atoms with E-state index >= 15 is 0 Å². The highest BCUT2D eigenvalue weighted by molar-refractivity contribution is 7.89. The molecule has 1 aliphatic heterocycles. The van der Waals surface area contributed by atoms with E-state index in [-0.39, 0.29) is 0 Å². The number of sulfonamides is 1. The van der Waals surface area contributed by atoms with E-state index in [4.69, 9.17) is 0 Å². The molecular formula is C20H32N4O2S. The summed E-state index contributed by atoms with van der Waals surface area (Å²) in [5, 5.41) is 6.78. The van der Waals surface area contributed by atoms with Gasteiger partial charge in [0.15, 0.2) is 5.96 Å². The van der Waals surface area contributed by atoms with Crippen LogP contribution in [-0.4, -0.2) is 44.4 Å². The molecule has 1 aliphatic carbocycles. The molecule has 27 heavy (non-hydrogen) atoms. The Labute approximate surface area is 163 Å². The molecule has 2 N–H and O–H groups in total. The number of aliphatic imine (C=N–C) groups is 1. The zero-order valence-electron chi connectivity index (χ0n) is 16.3. The molecule has 0 amide bonds. The average molecular weight is 393 g/mol. The Bertz CT molecular complexity index is 736. The summed E-state index contributed by atoms with van der Waals surface area (Å²) in [6.45, 7) is 4.58. The standard InChI is InChI=1S/C20H32N4O2S/c1-2-21-20(23-18-10-4-5-11-18)22-16-17-9-8-12-19(15-17)27(25,26)24-13-6-3-7-14-24/h8-9,12,15,18H,2-7,10-11,13-14,16H2,1H3,(H2,21,22,23). The van der Waals surface area contributed by atoms with Crippen LogP contribution in [0.25, 0.3) is 0 Å². The highest BCUT2D eigenvalue weighted by Crippen LogP contribution is 2.21. The second-order valence-corrected chi connectivity index (χ2v) is 9.37. The summed E-state index contributed by atoms with van der Waals surface area (Å²) in [4.78, 5) is 5.05. The van der Waals surface area contributed by atoms with E-state index in [9.17, 15) is 8.42 Å². The molecule has 2 aliphatic rings. The number of benzene rings is 1.